The van der Waals surface area contributed by atoms with Crippen LogP contribution in [-0.2, 0) is 14.9 Å². The first-order valence-electron chi connectivity index (χ1n) is 5.42. The third-order valence-corrected chi connectivity index (χ3v) is 3.62. The van der Waals surface area contributed by atoms with Crippen molar-refractivity contribution >= 4 is 38.8 Å². The Balaban J connectivity index is 0.00000400. The van der Waals surface area contributed by atoms with E-state index in [0.717, 1.165) is 0 Å². The Morgan fingerprint density at radius 1 is 1.29 bits per heavy atom. The fourth-order valence-corrected chi connectivity index (χ4v) is 2.63. The predicted molar refractivity (Wildman–Crippen MR) is 73.8 cm³/mol. The van der Waals surface area contributed by atoms with Crippen molar-refractivity contribution in [2.75, 3.05) is 16.8 Å². The molecule has 0 spiro atoms. The van der Waals surface area contributed by atoms with Crippen molar-refractivity contribution in [3.8, 4) is 5.75 Å². The fraction of sp³-hybridized carbons (Fsp3) is 0.273. The van der Waals surface area contributed by atoms with E-state index in [0.29, 0.717) is 17.4 Å². The van der Waals surface area contributed by atoms with Crippen LogP contribution in [0.25, 0.3) is 0 Å². The van der Waals surface area contributed by atoms with Crippen molar-refractivity contribution in [2.45, 2.75) is 6.92 Å². The minimum absolute atomic E-state index is 0. The molecule has 10 heteroatoms. The van der Waals surface area contributed by atoms with Gasteiger partial charge in [-0.2, -0.15) is 0 Å². The van der Waals surface area contributed by atoms with E-state index in [9.17, 15) is 22.6 Å². The third-order valence-electron chi connectivity index (χ3n) is 1.93. The van der Waals surface area contributed by atoms with Gasteiger partial charge in [-0.15, -0.1) is 0 Å². The van der Waals surface area contributed by atoms with Crippen LogP contribution in [0.3, 0.4) is 0 Å². The molecule has 0 saturated heterocycles. The number of carbonyl (C=O) groups is 2. The zero-order valence-electron chi connectivity index (χ0n) is 11.5. The molecule has 0 aliphatic rings. The number of amides is 1. The van der Waals surface area contributed by atoms with Gasteiger partial charge < -0.3 is 14.6 Å². The summed E-state index contributed by atoms with van der Waals surface area (Å²) in [6.45, 7) is 1.37. The number of ether oxygens (including phenoxy) is 1. The van der Waals surface area contributed by atoms with Crippen LogP contribution in [-0.4, -0.2) is 35.7 Å². The summed E-state index contributed by atoms with van der Waals surface area (Å²) < 4.78 is 35.9. The maximum Gasteiger partial charge on any atom is 1.00 e. The normalized spacial score (nSPS) is 10.4. The Labute approximate surface area is 148 Å². The molecular weight excluding hydrogens is 329 g/mol. The van der Waals surface area contributed by atoms with Crippen molar-refractivity contribution in [3.05, 3.63) is 24.3 Å². The second-order valence-electron chi connectivity index (χ2n) is 3.67. The molecule has 1 aromatic carbocycles. The summed E-state index contributed by atoms with van der Waals surface area (Å²) >= 11 is 0.603. The van der Waals surface area contributed by atoms with E-state index in [2.05, 4.69) is 5.32 Å². The van der Waals surface area contributed by atoms with Gasteiger partial charge in [0.1, 0.15) is 5.75 Å². The van der Waals surface area contributed by atoms with E-state index in [-0.39, 0.29) is 47.0 Å². The van der Waals surface area contributed by atoms with Crippen LogP contribution in [0.15, 0.2) is 24.3 Å². The van der Waals surface area contributed by atoms with Gasteiger partial charge in [0.2, 0.25) is 5.91 Å². The molecule has 1 amide bonds. The van der Waals surface area contributed by atoms with Crippen molar-refractivity contribution in [1.29, 1.82) is 0 Å². The van der Waals surface area contributed by atoms with Crippen LogP contribution < -0.4 is 39.6 Å². The average Bonchev–Trinajstić information content (AvgIpc) is 2.29. The van der Waals surface area contributed by atoms with Crippen molar-refractivity contribution in [2.24, 2.45) is 0 Å². The van der Waals surface area contributed by atoms with Crippen molar-refractivity contribution < 1.29 is 56.9 Å². The van der Waals surface area contributed by atoms with Gasteiger partial charge in [0.15, 0.2) is 0 Å². The summed E-state index contributed by atoms with van der Waals surface area (Å²) in [6.07, 6.45) is 0. The van der Waals surface area contributed by atoms with Crippen LogP contribution in [0.2, 0.25) is 0 Å². The molecule has 1 aromatic rings. The number of anilines is 1. The number of hydrogen-bond acceptors (Lipinski definition) is 7. The van der Waals surface area contributed by atoms with Crippen molar-refractivity contribution in [1.82, 2.24) is 0 Å². The quantitative estimate of drug-likeness (QED) is 0.391. The summed E-state index contributed by atoms with van der Waals surface area (Å²) in [5.41, 5.74) is 0.558. The Bertz CT molecular complexity index is 587. The number of hydrogen-bond donors (Lipinski definition) is 1. The van der Waals surface area contributed by atoms with E-state index in [1.165, 1.54) is 19.1 Å². The molecule has 21 heavy (non-hydrogen) atoms. The molecule has 7 nitrogen and oxygen atoms in total. The summed E-state index contributed by atoms with van der Waals surface area (Å²) in [5.74, 6) is -0.756. The van der Waals surface area contributed by atoms with Gasteiger partial charge in [-0.3, -0.25) is 4.79 Å². The Morgan fingerprint density at radius 3 is 2.33 bits per heavy atom. The molecule has 0 unspecified atom stereocenters. The summed E-state index contributed by atoms with van der Waals surface area (Å²) in [4.78, 5) is 22.1. The third kappa shape index (κ3) is 9.88. The number of benzene rings is 1. The minimum atomic E-state index is -4.33. The van der Waals surface area contributed by atoms with Gasteiger partial charge in [-0.25, -0.2) is 13.2 Å². The molecule has 0 atom stereocenters. The molecule has 0 fully saturated rings. The predicted octanol–water partition coefficient (Wildman–Crippen LogP) is -1.57. The molecule has 0 saturated carbocycles. The smallest absolute Gasteiger partial charge is 0.748 e. The molecule has 1 rings (SSSR count). The van der Waals surface area contributed by atoms with Gasteiger partial charge in [0.05, 0.1) is 10.1 Å². The number of nitrogens with one attached hydrogen (secondary N) is 1. The zero-order chi connectivity index (χ0) is 15.2. The first kappa shape index (κ1) is 20.4. The molecule has 0 radical (unpaired) electrons. The minimum Gasteiger partial charge on any atom is -0.748 e. The Hall–Kier alpha value is -0.580. The van der Waals surface area contributed by atoms with E-state index in [4.69, 9.17) is 4.74 Å². The second-order valence-corrected chi connectivity index (χ2v) is 6.22. The van der Waals surface area contributed by atoms with E-state index >= 15 is 0 Å². The number of carbonyl (C=O) groups excluding carboxylic acids is 2. The van der Waals surface area contributed by atoms with Gasteiger partial charge in [0, 0.05) is 24.1 Å². The number of rotatable bonds is 5. The molecular formula is C11H12NNaO6S2. The average molecular weight is 341 g/mol. The number of thioether (sulfide) groups is 1. The molecule has 0 aromatic heterocycles. The molecule has 110 valence electrons. The van der Waals surface area contributed by atoms with Crippen LogP contribution in [0.5, 0.6) is 5.75 Å². The standard InChI is InChI=1S/C11H13NO6S2.Na/c1-8(13)12-9-2-4-10(5-3-9)18-11(14)19-6-7-20(15,16)17;/h2-5H,6-7H2,1H3,(H,12,13)(H,15,16,17);/q;+1/p-1. The first-order chi connectivity index (χ1) is 9.26. The molecule has 0 bridgehead atoms. The van der Waals surface area contributed by atoms with Gasteiger partial charge in [-0.1, -0.05) is 0 Å². The SMILES string of the molecule is CC(=O)Nc1ccc(OC(=O)SCCS(=O)(=O)[O-])cc1.[Na+]. The topological polar surface area (TPSA) is 113 Å². The largest absolute Gasteiger partial charge is 1.00 e. The zero-order valence-corrected chi connectivity index (χ0v) is 15.1. The second kappa shape index (κ2) is 9.44. The van der Waals surface area contributed by atoms with Crippen LogP contribution in [0.4, 0.5) is 10.5 Å². The van der Waals surface area contributed by atoms with Crippen LogP contribution in [0, 0.1) is 0 Å². The van der Waals surface area contributed by atoms with E-state index in [1.54, 1.807) is 12.1 Å². The van der Waals surface area contributed by atoms with Crippen molar-refractivity contribution in [3.63, 3.8) is 0 Å². The van der Waals surface area contributed by atoms with Crippen LogP contribution in [0.1, 0.15) is 6.92 Å². The van der Waals surface area contributed by atoms with Gasteiger partial charge in [-0.05, 0) is 36.0 Å². The van der Waals surface area contributed by atoms with Gasteiger partial charge in [0.25, 0.3) is 0 Å². The first-order valence-corrected chi connectivity index (χ1v) is 7.98. The fourth-order valence-electron chi connectivity index (χ4n) is 1.16. The molecule has 0 aliphatic carbocycles. The van der Waals surface area contributed by atoms with Gasteiger partial charge >= 0.3 is 34.9 Å². The Morgan fingerprint density at radius 2 is 1.86 bits per heavy atom. The molecule has 0 heterocycles. The van der Waals surface area contributed by atoms with Crippen LogP contribution >= 0.6 is 11.8 Å². The summed E-state index contributed by atoms with van der Waals surface area (Å²) in [5, 5.41) is 1.84. The maximum atomic E-state index is 11.3. The monoisotopic (exact) mass is 341 g/mol. The summed E-state index contributed by atoms with van der Waals surface area (Å²) in [7, 11) is -4.33. The molecule has 0 aliphatic heterocycles. The summed E-state index contributed by atoms with van der Waals surface area (Å²) in [6, 6.07) is 6.07. The maximum absolute atomic E-state index is 11.3. The van der Waals surface area contributed by atoms with E-state index in [1.807, 2.05) is 0 Å². The Kier molecular flexibility index (Phi) is 9.18. The van der Waals surface area contributed by atoms with E-state index < -0.39 is 21.2 Å². The molecule has 1 N–H and O–H groups in total.